The number of rotatable bonds is 6. The molecular weight excluding hydrogens is 385 g/mol. The molecule has 1 aliphatic heterocycles. The number of aryl methyl sites for hydroxylation is 1. The molecule has 150 valence electrons. The van der Waals surface area contributed by atoms with Gasteiger partial charge in [0.05, 0.1) is 26.4 Å². The lowest BCUT2D eigenvalue weighted by atomic mass is 9.99. The molecule has 2 aromatic heterocycles. The van der Waals surface area contributed by atoms with E-state index in [9.17, 15) is 14.5 Å². The van der Waals surface area contributed by atoms with Gasteiger partial charge < -0.3 is 30.1 Å². The number of H-pyrrole nitrogens is 1. The van der Waals surface area contributed by atoms with E-state index in [0.29, 0.717) is 0 Å². The molecule has 0 spiro atoms. The summed E-state index contributed by atoms with van der Waals surface area (Å²) in [6.07, 6.45) is -1.46. The molecule has 0 aromatic carbocycles. The summed E-state index contributed by atoms with van der Waals surface area (Å²) in [6.45, 7) is -0.387. The van der Waals surface area contributed by atoms with Crippen LogP contribution in [0.25, 0.3) is 11.2 Å². The predicted octanol–water partition coefficient (Wildman–Crippen LogP) is -2.24. The zero-order valence-electron chi connectivity index (χ0n) is 14.6. The number of nitrogens with two attached hydrogens (primary N) is 1. The van der Waals surface area contributed by atoms with E-state index in [-0.39, 0.29) is 23.7 Å². The fraction of sp³-hybridized carbons (Fsp3) is 0.615. The number of aromatic amines is 1. The van der Waals surface area contributed by atoms with E-state index in [1.54, 1.807) is 7.05 Å². The van der Waals surface area contributed by atoms with Gasteiger partial charge in [-0.1, -0.05) is 0 Å². The first-order valence-electron chi connectivity index (χ1n) is 7.91. The minimum atomic E-state index is -4.71. The van der Waals surface area contributed by atoms with E-state index in [2.05, 4.69) is 14.5 Å². The molecule has 27 heavy (non-hydrogen) atoms. The summed E-state index contributed by atoms with van der Waals surface area (Å²) < 4.78 is 29.3. The van der Waals surface area contributed by atoms with Crippen LogP contribution in [0, 0.1) is 5.92 Å². The molecular formula is C13H21N5O8P+. The number of ether oxygens (including phenoxy) is 2. The number of anilines is 1. The monoisotopic (exact) mass is 406 g/mol. The van der Waals surface area contributed by atoms with E-state index >= 15 is 0 Å². The molecule has 1 aliphatic rings. The molecule has 3 heterocycles. The zero-order valence-corrected chi connectivity index (χ0v) is 15.4. The van der Waals surface area contributed by atoms with Gasteiger partial charge in [-0.25, -0.2) is 9.13 Å². The summed E-state index contributed by atoms with van der Waals surface area (Å²) in [6, 6.07) is 0. The van der Waals surface area contributed by atoms with Gasteiger partial charge in [0.2, 0.25) is 18.5 Å². The van der Waals surface area contributed by atoms with Crippen molar-refractivity contribution in [1.29, 1.82) is 0 Å². The van der Waals surface area contributed by atoms with Gasteiger partial charge in [-0.05, 0) is 0 Å². The molecule has 4 atom stereocenters. The van der Waals surface area contributed by atoms with E-state index in [4.69, 9.17) is 25.0 Å². The first-order valence-corrected chi connectivity index (χ1v) is 9.44. The minimum Gasteiger partial charge on any atom is -0.385 e. The van der Waals surface area contributed by atoms with Crippen molar-refractivity contribution < 1.29 is 38.0 Å². The average Bonchev–Trinajstić information content (AvgIpc) is 3.03. The molecule has 0 aliphatic carbocycles. The molecule has 0 bridgehead atoms. The third kappa shape index (κ3) is 3.89. The van der Waals surface area contributed by atoms with Crippen LogP contribution < -0.4 is 15.9 Å². The Labute approximate surface area is 152 Å². The Kier molecular flexibility index (Phi) is 5.36. The number of nitrogens with one attached hydrogen (secondary N) is 1. The van der Waals surface area contributed by atoms with Gasteiger partial charge >= 0.3 is 13.4 Å². The summed E-state index contributed by atoms with van der Waals surface area (Å²) in [5, 5.41) is 10.7. The first-order chi connectivity index (χ1) is 12.6. The maximum Gasteiger partial charge on any atom is 0.469 e. The van der Waals surface area contributed by atoms with Crippen LogP contribution in [0.3, 0.4) is 0 Å². The Hall–Kier alpha value is -1.86. The highest BCUT2D eigenvalue weighted by Crippen LogP contribution is 2.40. The van der Waals surface area contributed by atoms with Crippen molar-refractivity contribution in [2.45, 2.75) is 18.4 Å². The quantitative estimate of drug-likeness (QED) is 0.259. The summed E-state index contributed by atoms with van der Waals surface area (Å²) in [5.41, 5.74) is 5.57. The first kappa shape index (κ1) is 19.9. The predicted molar refractivity (Wildman–Crippen MR) is 89.2 cm³/mol. The lowest BCUT2D eigenvalue weighted by molar-refractivity contribution is -0.646. The average molecular weight is 406 g/mol. The van der Waals surface area contributed by atoms with E-state index in [1.165, 1.54) is 22.6 Å². The molecule has 2 aromatic rings. The summed E-state index contributed by atoms with van der Waals surface area (Å²) >= 11 is 0. The van der Waals surface area contributed by atoms with Crippen molar-refractivity contribution in [2.24, 2.45) is 13.0 Å². The van der Waals surface area contributed by atoms with Crippen LogP contribution in [-0.4, -0.2) is 62.0 Å². The zero-order chi connectivity index (χ0) is 19.9. The molecule has 0 radical (unpaired) electrons. The Morgan fingerprint density at radius 1 is 1.48 bits per heavy atom. The van der Waals surface area contributed by atoms with Crippen molar-refractivity contribution in [3.63, 3.8) is 0 Å². The van der Waals surface area contributed by atoms with Crippen molar-refractivity contribution in [1.82, 2.24) is 14.5 Å². The Bertz CT molecular complexity index is 939. The normalized spacial score (nSPS) is 26.1. The van der Waals surface area contributed by atoms with Gasteiger partial charge in [0.1, 0.15) is 6.10 Å². The molecule has 14 heteroatoms. The topological polar surface area (TPSA) is 186 Å². The third-order valence-electron chi connectivity index (χ3n) is 4.35. The summed E-state index contributed by atoms with van der Waals surface area (Å²) in [4.78, 5) is 36.5. The van der Waals surface area contributed by atoms with Gasteiger partial charge in [0.15, 0.2) is 0 Å². The number of nitrogen functional groups attached to an aromatic ring is 1. The number of fused-ring (bicyclic) bond motifs is 1. The SMILES string of the molecule is COC[C@H]1[C@@H](O)[C@H](n2c[n+](C)c3c(=O)[nH]c(N)nc32)O[C@@H]1COP(=O)(O)O. The van der Waals surface area contributed by atoms with Crippen LogP contribution in [0.4, 0.5) is 5.95 Å². The Morgan fingerprint density at radius 2 is 2.19 bits per heavy atom. The second-order valence-corrected chi connectivity index (χ2v) is 7.46. The standard InChI is InChI=1S/C13H20N5O8P/c1-17-5-18(10-8(17)11(20)16-13(14)15-10)12-9(19)6(3-24-2)7(26-12)4-25-27(21,22)23/h5-7,9,12,19H,3-4H2,1-2H3,(H4-,14,15,16,20,21,22,23)/p+1/t6-,7-,9-,12-/m1/s1. The second-order valence-electron chi connectivity index (χ2n) is 6.22. The molecule has 0 saturated carbocycles. The highest BCUT2D eigenvalue weighted by molar-refractivity contribution is 7.46. The number of aliphatic hydroxyl groups is 1. The van der Waals surface area contributed by atoms with Crippen molar-refractivity contribution in [3.8, 4) is 0 Å². The maximum atomic E-state index is 12.1. The highest BCUT2D eigenvalue weighted by Gasteiger charge is 2.48. The lowest BCUT2D eigenvalue weighted by Gasteiger charge is -2.18. The van der Waals surface area contributed by atoms with Crippen molar-refractivity contribution in [3.05, 3.63) is 16.7 Å². The molecule has 6 N–H and O–H groups in total. The Balaban J connectivity index is 1.98. The van der Waals surface area contributed by atoms with Crippen LogP contribution in [0.1, 0.15) is 6.23 Å². The van der Waals surface area contributed by atoms with Gasteiger partial charge in [0, 0.05) is 13.0 Å². The van der Waals surface area contributed by atoms with Gasteiger partial charge in [-0.3, -0.25) is 14.3 Å². The number of phosphoric acid groups is 1. The fourth-order valence-corrected chi connectivity index (χ4v) is 3.55. The summed E-state index contributed by atoms with van der Waals surface area (Å²) in [5.74, 6) is -0.733. The number of nitrogens with zero attached hydrogens (tertiary/aromatic N) is 3. The third-order valence-corrected chi connectivity index (χ3v) is 4.84. The highest BCUT2D eigenvalue weighted by atomic mass is 31.2. The maximum absolute atomic E-state index is 12.1. The van der Waals surface area contributed by atoms with Crippen molar-refractivity contribution >= 4 is 24.9 Å². The molecule has 3 rings (SSSR count). The number of aromatic nitrogens is 4. The largest absolute Gasteiger partial charge is 0.469 e. The molecule has 0 amide bonds. The molecule has 13 nitrogen and oxygen atoms in total. The van der Waals surface area contributed by atoms with Gasteiger partial charge in [-0.2, -0.15) is 9.55 Å². The van der Waals surface area contributed by atoms with Gasteiger partial charge in [0.25, 0.3) is 11.2 Å². The number of hydrogen-bond acceptors (Lipinski definition) is 8. The summed E-state index contributed by atoms with van der Waals surface area (Å²) in [7, 11) is -1.67. The lowest BCUT2D eigenvalue weighted by Crippen LogP contribution is -2.32. The Morgan fingerprint density at radius 3 is 2.81 bits per heavy atom. The van der Waals surface area contributed by atoms with E-state index in [1.807, 2.05) is 0 Å². The van der Waals surface area contributed by atoms with Crippen LogP contribution >= 0.6 is 7.82 Å². The fourth-order valence-electron chi connectivity index (χ4n) is 3.21. The number of imidazole rings is 1. The number of methoxy groups -OCH3 is 1. The van der Waals surface area contributed by atoms with Crippen LogP contribution in [0.2, 0.25) is 0 Å². The van der Waals surface area contributed by atoms with Crippen molar-refractivity contribution in [2.75, 3.05) is 26.1 Å². The van der Waals surface area contributed by atoms with Crippen LogP contribution in [0.15, 0.2) is 11.1 Å². The minimum absolute atomic E-state index is 0.0638. The van der Waals surface area contributed by atoms with E-state index in [0.717, 1.165) is 0 Å². The van der Waals surface area contributed by atoms with Gasteiger partial charge in [-0.15, -0.1) is 0 Å². The van der Waals surface area contributed by atoms with E-state index < -0.39 is 44.3 Å². The number of aliphatic hydroxyl groups excluding tert-OH is 1. The van der Waals surface area contributed by atoms with Crippen LogP contribution in [0.5, 0.6) is 0 Å². The molecule has 0 unspecified atom stereocenters. The molecule has 1 saturated heterocycles. The molecule has 1 fully saturated rings. The second kappa shape index (κ2) is 7.28. The van der Waals surface area contributed by atoms with Crippen LogP contribution in [-0.2, 0) is 25.6 Å². The smallest absolute Gasteiger partial charge is 0.385 e. The number of phosphoric ester groups is 1. The number of hydrogen-bond donors (Lipinski definition) is 5.